The molecule has 6 heteroatoms. The highest BCUT2D eigenvalue weighted by Gasteiger charge is 2.28. The highest BCUT2D eigenvalue weighted by molar-refractivity contribution is 5.76. The molecule has 0 amide bonds. The number of rotatable bonds is 3. The fraction of sp³-hybridized carbons (Fsp3) is 0.429. The fourth-order valence-corrected chi connectivity index (χ4v) is 2.14. The molecule has 1 atom stereocenters. The first-order valence-electron chi connectivity index (χ1n) is 6.22. The van der Waals surface area contributed by atoms with Gasteiger partial charge in [0.15, 0.2) is 6.10 Å². The Hall–Kier alpha value is -2.26. The molecular formula is C14H16N2O4. The highest BCUT2D eigenvalue weighted by Crippen LogP contribution is 2.27. The first kappa shape index (κ1) is 14.2. The van der Waals surface area contributed by atoms with Crippen molar-refractivity contribution >= 4 is 11.7 Å². The van der Waals surface area contributed by atoms with Crippen LogP contribution in [-0.2, 0) is 14.3 Å². The Morgan fingerprint density at radius 2 is 2.30 bits per heavy atom. The summed E-state index contributed by atoms with van der Waals surface area (Å²) < 4.78 is 15.3. The van der Waals surface area contributed by atoms with E-state index in [0.717, 1.165) is 5.69 Å². The number of anilines is 1. The lowest BCUT2D eigenvalue weighted by molar-refractivity contribution is -0.154. The second kappa shape index (κ2) is 6.26. The zero-order valence-electron chi connectivity index (χ0n) is 11.5. The summed E-state index contributed by atoms with van der Waals surface area (Å²) in [6, 6.07) is 7.38. The Bertz CT molecular complexity index is 538. The summed E-state index contributed by atoms with van der Waals surface area (Å²) in [7, 11) is 2.90. The number of methoxy groups -OCH3 is 2. The van der Waals surface area contributed by atoms with Crippen molar-refractivity contribution in [1.82, 2.24) is 0 Å². The lowest BCUT2D eigenvalue weighted by atomic mass is 10.1. The second-order valence-electron chi connectivity index (χ2n) is 4.32. The van der Waals surface area contributed by atoms with E-state index in [-0.39, 0.29) is 0 Å². The van der Waals surface area contributed by atoms with Crippen molar-refractivity contribution in [3.63, 3.8) is 0 Å². The average molecular weight is 276 g/mol. The van der Waals surface area contributed by atoms with E-state index >= 15 is 0 Å². The van der Waals surface area contributed by atoms with Gasteiger partial charge >= 0.3 is 5.97 Å². The molecule has 1 heterocycles. The number of benzene rings is 1. The summed E-state index contributed by atoms with van der Waals surface area (Å²) in [6.07, 6.45) is -0.633. The molecule has 1 unspecified atom stereocenters. The van der Waals surface area contributed by atoms with Crippen LogP contribution in [0.25, 0.3) is 0 Å². The summed E-state index contributed by atoms with van der Waals surface area (Å²) in [5.41, 5.74) is 1.28. The van der Waals surface area contributed by atoms with Gasteiger partial charge in [-0.25, -0.2) is 4.79 Å². The van der Waals surface area contributed by atoms with Crippen LogP contribution in [0.15, 0.2) is 18.2 Å². The van der Waals surface area contributed by atoms with E-state index in [1.807, 2.05) is 4.90 Å². The zero-order chi connectivity index (χ0) is 14.5. The van der Waals surface area contributed by atoms with Gasteiger partial charge in [0, 0.05) is 12.6 Å². The van der Waals surface area contributed by atoms with Crippen molar-refractivity contribution in [1.29, 1.82) is 5.26 Å². The molecule has 1 aromatic rings. The number of morpholine rings is 1. The SMILES string of the molecule is COC(=O)C1CN(c2cc(OC)ccc2C#N)CCO1. The Labute approximate surface area is 117 Å². The van der Waals surface area contributed by atoms with Crippen molar-refractivity contribution < 1.29 is 19.0 Å². The Morgan fingerprint density at radius 1 is 1.50 bits per heavy atom. The molecule has 0 N–H and O–H groups in total. The van der Waals surface area contributed by atoms with Crippen LogP contribution in [0, 0.1) is 11.3 Å². The number of hydrogen-bond acceptors (Lipinski definition) is 6. The van der Waals surface area contributed by atoms with Gasteiger partial charge in [-0.1, -0.05) is 0 Å². The van der Waals surface area contributed by atoms with E-state index in [1.54, 1.807) is 25.3 Å². The number of nitrogens with zero attached hydrogens (tertiary/aromatic N) is 2. The highest BCUT2D eigenvalue weighted by atomic mass is 16.6. The fourth-order valence-electron chi connectivity index (χ4n) is 2.14. The predicted octanol–water partition coefficient (Wildman–Crippen LogP) is 0.945. The van der Waals surface area contributed by atoms with Gasteiger partial charge in [0.1, 0.15) is 11.8 Å². The van der Waals surface area contributed by atoms with Gasteiger partial charge in [-0.15, -0.1) is 0 Å². The second-order valence-corrected chi connectivity index (χ2v) is 4.32. The molecule has 0 aliphatic carbocycles. The van der Waals surface area contributed by atoms with Gasteiger partial charge in [-0.2, -0.15) is 5.26 Å². The third-order valence-corrected chi connectivity index (χ3v) is 3.20. The molecule has 106 valence electrons. The van der Waals surface area contributed by atoms with Gasteiger partial charge in [0.2, 0.25) is 0 Å². The zero-order valence-corrected chi connectivity index (χ0v) is 11.5. The summed E-state index contributed by atoms with van der Waals surface area (Å²) in [4.78, 5) is 13.5. The molecule has 1 aromatic carbocycles. The molecule has 1 fully saturated rings. The van der Waals surface area contributed by atoms with Crippen molar-refractivity contribution in [3.8, 4) is 11.8 Å². The molecule has 1 saturated heterocycles. The normalized spacial score (nSPS) is 18.2. The molecule has 0 radical (unpaired) electrons. The molecule has 0 spiro atoms. The standard InChI is InChI=1S/C14H16N2O4/c1-18-11-4-3-10(8-15)12(7-11)16-5-6-20-13(9-16)14(17)19-2/h3-4,7,13H,5-6,9H2,1-2H3. The third kappa shape index (κ3) is 2.83. The minimum Gasteiger partial charge on any atom is -0.497 e. The maximum Gasteiger partial charge on any atom is 0.336 e. The Balaban J connectivity index is 2.26. The number of carbonyl (C=O) groups is 1. The van der Waals surface area contributed by atoms with Gasteiger partial charge in [-0.3, -0.25) is 0 Å². The largest absolute Gasteiger partial charge is 0.497 e. The summed E-state index contributed by atoms with van der Waals surface area (Å²) in [5, 5.41) is 9.19. The van der Waals surface area contributed by atoms with Crippen molar-refractivity contribution in [2.24, 2.45) is 0 Å². The smallest absolute Gasteiger partial charge is 0.336 e. The maximum atomic E-state index is 11.6. The van der Waals surface area contributed by atoms with E-state index in [4.69, 9.17) is 14.2 Å². The van der Waals surface area contributed by atoms with E-state index in [0.29, 0.717) is 31.0 Å². The molecule has 1 aliphatic rings. The molecule has 1 aliphatic heterocycles. The quantitative estimate of drug-likeness (QED) is 0.765. The van der Waals surface area contributed by atoms with Crippen molar-refractivity contribution in [3.05, 3.63) is 23.8 Å². The topological polar surface area (TPSA) is 71.8 Å². The molecule has 0 saturated carbocycles. The summed E-state index contributed by atoms with van der Waals surface area (Å²) in [5.74, 6) is 0.260. The van der Waals surface area contributed by atoms with Crippen LogP contribution in [-0.4, -0.2) is 46.0 Å². The average Bonchev–Trinajstić information content (AvgIpc) is 2.53. The Morgan fingerprint density at radius 3 is 2.95 bits per heavy atom. The number of ether oxygens (including phenoxy) is 3. The van der Waals surface area contributed by atoms with Crippen molar-refractivity contribution in [2.75, 3.05) is 38.8 Å². The number of carbonyl (C=O) groups excluding carboxylic acids is 1. The minimum absolute atomic E-state index is 0.356. The van der Waals surface area contributed by atoms with Gasteiger partial charge < -0.3 is 19.1 Å². The summed E-state index contributed by atoms with van der Waals surface area (Å²) in [6.45, 7) is 1.37. The van der Waals surface area contributed by atoms with E-state index < -0.39 is 12.1 Å². The molecule has 20 heavy (non-hydrogen) atoms. The maximum absolute atomic E-state index is 11.6. The number of nitriles is 1. The monoisotopic (exact) mass is 276 g/mol. The molecule has 0 aromatic heterocycles. The van der Waals surface area contributed by atoms with Crippen LogP contribution >= 0.6 is 0 Å². The van der Waals surface area contributed by atoms with Gasteiger partial charge in [0.05, 0.1) is 38.6 Å². The van der Waals surface area contributed by atoms with Gasteiger partial charge in [-0.05, 0) is 12.1 Å². The minimum atomic E-state index is -0.633. The number of esters is 1. The number of hydrogen-bond donors (Lipinski definition) is 0. The van der Waals surface area contributed by atoms with Crippen LogP contribution < -0.4 is 9.64 Å². The van der Waals surface area contributed by atoms with Crippen LogP contribution in [0.1, 0.15) is 5.56 Å². The van der Waals surface area contributed by atoms with Crippen molar-refractivity contribution in [2.45, 2.75) is 6.10 Å². The molecule has 6 nitrogen and oxygen atoms in total. The summed E-state index contributed by atoms with van der Waals surface area (Å²) >= 11 is 0. The molecule has 0 bridgehead atoms. The van der Waals surface area contributed by atoms with Crippen LogP contribution in [0.3, 0.4) is 0 Å². The Kier molecular flexibility index (Phi) is 4.43. The van der Waals surface area contributed by atoms with Crippen LogP contribution in [0.4, 0.5) is 5.69 Å². The first-order chi connectivity index (χ1) is 9.69. The predicted molar refractivity (Wildman–Crippen MR) is 71.7 cm³/mol. The molecular weight excluding hydrogens is 260 g/mol. The lowest BCUT2D eigenvalue weighted by Gasteiger charge is -2.33. The third-order valence-electron chi connectivity index (χ3n) is 3.20. The van der Waals surface area contributed by atoms with Gasteiger partial charge in [0.25, 0.3) is 0 Å². The lowest BCUT2D eigenvalue weighted by Crippen LogP contribution is -2.46. The van der Waals surface area contributed by atoms with E-state index in [2.05, 4.69) is 6.07 Å². The first-order valence-corrected chi connectivity index (χ1v) is 6.22. The van der Waals surface area contributed by atoms with E-state index in [1.165, 1.54) is 7.11 Å². The van der Waals surface area contributed by atoms with E-state index in [9.17, 15) is 10.1 Å². The van der Waals surface area contributed by atoms with Crippen LogP contribution in [0.5, 0.6) is 5.75 Å². The van der Waals surface area contributed by atoms with Crippen LogP contribution in [0.2, 0.25) is 0 Å². The molecule has 2 rings (SSSR count).